The van der Waals surface area contributed by atoms with E-state index in [2.05, 4.69) is 15.5 Å². The third kappa shape index (κ3) is 6.41. The molecule has 130 valence electrons. The van der Waals surface area contributed by atoms with E-state index in [4.69, 9.17) is 0 Å². The lowest BCUT2D eigenvalue weighted by atomic mass is 10.1. The lowest BCUT2D eigenvalue weighted by Gasteiger charge is -2.21. The molecule has 0 aliphatic carbocycles. The van der Waals surface area contributed by atoms with Gasteiger partial charge in [-0.25, -0.2) is 8.78 Å². The maximum Gasteiger partial charge on any atom is 0.234 e. The lowest BCUT2D eigenvalue weighted by Crippen LogP contribution is -2.43. The predicted molar refractivity (Wildman–Crippen MR) is 88.8 cm³/mol. The fourth-order valence-electron chi connectivity index (χ4n) is 2.67. The summed E-state index contributed by atoms with van der Waals surface area (Å²) in [7, 11) is 0. The highest BCUT2D eigenvalue weighted by molar-refractivity contribution is 5.85. The summed E-state index contributed by atoms with van der Waals surface area (Å²) >= 11 is 0. The first-order valence-electron chi connectivity index (χ1n) is 7.71. The van der Waals surface area contributed by atoms with E-state index in [1.807, 2.05) is 0 Å². The summed E-state index contributed by atoms with van der Waals surface area (Å²) < 4.78 is 27.2. The Morgan fingerprint density at radius 2 is 2.00 bits per heavy atom. The zero-order valence-corrected chi connectivity index (χ0v) is 14.1. The van der Waals surface area contributed by atoms with Crippen molar-refractivity contribution in [2.75, 3.05) is 32.7 Å². The average molecular weight is 348 g/mol. The molecule has 0 saturated carbocycles. The monoisotopic (exact) mass is 347 g/mol. The second-order valence-corrected chi connectivity index (χ2v) is 5.75. The van der Waals surface area contributed by atoms with Crippen molar-refractivity contribution in [3.8, 4) is 0 Å². The molecule has 0 spiro atoms. The van der Waals surface area contributed by atoms with Gasteiger partial charge in [0.25, 0.3) is 0 Å². The van der Waals surface area contributed by atoms with Crippen LogP contribution >= 0.6 is 12.4 Å². The first-order valence-corrected chi connectivity index (χ1v) is 7.71. The molecule has 23 heavy (non-hydrogen) atoms. The fraction of sp³-hybridized carbons (Fsp3) is 0.562. The van der Waals surface area contributed by atoms with Crippen LogP contribution in [0.3, 0.4) is 0 Å². The Balaban J connectivity index is 0.00000264. The standard InChI is InChI=1S/C16H23F2N3O.ClH/c1-12(10-13-14(17)4-2-5-15(13)18)20-16(22)11-21-8-3-6-19-7-9-21;/h2,4-5,12,19H,3,6-11H2,1H3,(H,20,22);1H. The quantitative estimate of drug-likeness (QED) is 0.852. The van der Waals surface area contributed by atoms with Crippen LogP contribution < -0.4 is 10.6 Å². The molecule has 0 radical (unpaired) electrons. The Morgan fingerprint density at radius 1 is 1.30 bits per heavy atom. The second-order valence-electron chi connectivity index (χ2n) is 5.75. The Labute approximate surface area is 142 Å². The third-order valence-corrected chi connectivity index (χ3v) is 3.78. The minimum Gasteiger partial charge on any atom is -0.352 e. The molecule has 2 N–H and O–H groups in total. The number of nitrogens with one attached hydrogen (secondary N) is 2. The molecule has 1 heterocycles. The van der Waals surface area contributed by atoms with Gasteiger partial charge in [0.1, 0.15) is 11.6 Å². The predicted octanol–water partition coefficient (Wildman–Crippen LogP) is 1.73. The van der Waals surface area contributed by atoms with Gasteiger partial charge in [-0.2, -0.15) is 0 Å². The number of carbonyl (C=O) groups excluding carboxylic acids is 1. The lowest BCUT2D eigenvalue weighted by molar-refractivity contribution is -0.122. The van der Waals surface area contributed by atoms with Crippen LogP contribution in [0.1, 0.15) is 18.9 Å². The summed E-state index contributed by atoms with van der Waals surface area (Å²) in [5.74, 6) is -1.24. The van der Waals surface area contributed by atoms with E-state index in [9.17, 15) is 13.6 Å². The van der Waals surface area contributed by atoms with E-state index in [1.165, 1.54) is 18.2 Å². The van der Waals surface area contributed by atoms with Crippen molar-refractivity contribution in [2.24, 2.45) is 0 Å². The Hall–Kier alpha value is -1.24. The van der Waals surface area contributed by atoms with Crippen molar-refractivity contribution >= 4 is 18.3 Å². The Morgan fingerprint density at radius 3 is 2.70 bits per heavy atom. The topological polar surface area (TPSA) is 44.4 Å². The third-order valence-electron chi connectivity index (χ3n) is 3.78. The normalized spacial score (nSPS) is 17.0. The molecule has 1 aromatic rings. The van der Waals surface area contributed by atoms with Crippen LogP contribution in [0.25, 0.3) is 0 Å². The number of carbonyl (C=O) groups is 1. The van der Waals surface area contributed by atoms with Gasteiger partial charge < -0.3 is 10.6 Å². The molecular weight excluding hydrogens is 324 g/mol. The minimum absolute atomic E-state index is 0. The summed E-state index contributed by atoms with van der Waals surface area (Å²) in [5, 5.41) is 6.10. The first kappa shape index (κ1) is 19.8. The molecule has 1 unspecified atom stereocenters. The molecule has 0 aromatic heterocycles. The van der Waals surface area contributed by atoms with Crippen LogP contribution in [0.4, 0.5) is 8.78 Å². The highest BCUT2D eigenvalue weighted by atomic mass is 35.5. The van der Waals surface area contributed by atoms with Crippen molar-refractivity contribution in [3.05, 3.63) is 35.4 Å². The molecule has 1 aliphatic rings. The molecule has 4 nitrogen and oxygen atoms in total. The molecule has 1 fully saturated rings. The van der Waals surface area contributed by atoms with Crippen molar-refractivity contribution < 1.29 is 13.6 Å². The summed E-state index contributed by atoms with van der Waals surface area (Å²) in [6, 6.07) is 3.49. The number of halogens is 3. The van der Waals surface area contributed by atoms with Crippen molar-refractivity contribution in [1.82, 2.24) is 15.5 Å². The Bertz CT molecular complexity index is 488. The SMILES string of the molecule is CC(Cc1c(F)cccc1F)NC(=O)CN1CCCNCC1.Cl. The van der Waals surface area contributed by atoms with Crippen molar-refractivity contribution in [1.29, 1.82) is 0 Å². The highest BCUT2D eigenvalue weighted by Crippen LogP contribution is 2.14. The maximum atomic E-state index is 13.6. The summed E-state index contributed by atoms with van der Waals surface area (Å²) in [6.07, 6.45) is 1.16. The van der Waals surface area contributed by atoms with Gasteiger partial charge in [-0.05, 0) is 45.0 Å². The zero-order chi connectivity index (χ0) is 15.9. The van der Waals surface area contributed by atoms with Gasteiger partial charge in [-0.15, -0.1) is 12.4 Å². The van der Waals surface area contributed by atoms with Gasteiger partial charge in [-0.1, -0.05) is 6.07 Å². The number of hydrogen-bond acceptors (Lipinski definition) is 3. The van der Waals surface area contributed by atoms with E-state index in [0.717, 1.165) is 32.6 Å². The number of amides is 1. The summed E-state index contributed by atoms with van der Waals surface area (Å²) in [5.41, 5.74) is 0.0225. The summed E-state index contributed by atoms with van der Waals surface area (Å²) in [4.78, 5) is 14.1. The van der Waals surface area contributed by atoms with Crippen LogP contribution in [0, 0.1) is 11.6 Å². The van der Waals surface area contributed by atoms with Gasteiger partial charge >= 0.3 is 0 Å². The number of rotatable bonds is 5. The van der Waals surface area contributed by atoms with Crippen LogP contribution in [-0.4, -0.2) is 49.6 Å². The molecule has 1 aromatic carbocycles. The molecule has 0 bridgehead atoms. The van der Waals surface area contributed by atoms with E-state index in [1.54, 1.807) is 6.92 Å². The van der Waals surface area contributed by atoms with E-state index in [-0.39, 0.29) is 36.3 Å². The smallest absolute Gasteiger partial charge is 0.234 e. The molecule has 1 aliphatic heterocycles. The van der Waals surface area contributed by atoms with Crippen LogP contribution in [0.5, 0.6) is 0 Å². The first-order chi connectivity index (χ1) is 10.6. The highest BCUT2D eigenvalue weighted by Gasteiger charge is 2.17. The average Bonchev–Trinajstić information content (AvgIpc) is 2.71. The van der Waals surface area contributed by atoms with Crippen LogP contribution in [0.2, 0.25) is 0 Å². The maximum absolute atomic E-state index is 13.6. The molecule has 7 heteroatoms. The number of benzene rings is 1. The van der Waals surface area contributed by atoms with Gasteiger partial charge in [0.2, 0.25) is 5.91 Å². The van der Waals surface area contributed by atoms with Crippen molar-refractivity contribution in [3.63, 3.8) is 0 Å². The molecule has 1 saturated heterocycles. The molecule has 1 atom stereocenters. The zero-order valence-electron chi connectivity index (χ0n) is 13.3. The van der Waals surface area contributed by atoms with Gasteiger partial charge in [0, 0.05) is 24.7 Å². The number of nitrogens with zero attached hydrogens (tertiary/aromatic N) is 1. The van der Waals surface area contributed by atoms with Gasteiger partial charge in [0.05, 0.1) is 6.54 Å². The summed E-state index contributed by atoms with van der Waals surface area (Å²) in [6.45, 7) is 5.66. The minimum atomic E-state index is -0.570. The molecular formula is C16H24ClF2N3O. The second kappa shape index (κ2) is 9.80. The van der Waals surface area contributed by atoms with Gasteiger partial charge in [-0.3, -0.25) is 9.69 Å². The van der Waals surface area contributed by atoms with Crippen molar-refractivity contribution in [2.45, 2.75) is 25.8 Å². The van der Waals surface area contributed by atoms with Crippen LogP contribution in [-0.2, 0) is 11.2 Å². The van der Waals surface area contributed by atoms with E-state index < -0.39 is 11.6 Å². The molecule has 1 amide bonds. The fourth-order valence-corrected chi connectivity index (χ4v) is 2.67. The number of hydrogen-bond donors (Lipinski definition) is 2. The van der Waals surface area contributed by atoms with E-state index >= 15 is 0 Å². The molecule has 2 rings (SSSR count). The largest absolute Gasteiger partial charge is 0.352 e. The van der Waals surface area contributed by atoms with Crippen LogP contribution in [0.15, 0.2) is 18.2 Å². The Kier molecular flexibility index (Phi) is 8.44. The van der Waals surface area contributed by atoms with Gasteiger partial charge in [0.15, 0.2) is 0 Å². The van der Waals surface area contributed by atoms with E-state index in [0.29, 0.717) is 6.54 Å².